The maximum Gasteiger partial charge on any atom is 0.416 e. The first-order chi connectivity index (χ1) is 22.8. The molecule has 0 bridgehead atoms. The van der Waals surface area contributed by atoms with Gasteiger partial charge in [-0.05, 0) is 88.9 Å². The van der Waals surface area contributed by atoms with Crippen molar-refractivity contribution in [2.45, 2.75) is 45.1 Å². The zero-order valence-corrected chi connectivity index (χ0v) is 27.0. The molecule has 0 fully saturated rings. The third-order valence-electron chi connectivity index (χ3n) is 7.91. The van der Waals surface area contributed by atoms with E-state index in [9.17, 15) is 26.3 Å². The molecule has 0 amide bonds. The first-order valence-electron chi connectivity index (χ1n) is 15.4. The van der Waals surface area contributed by atoms with Gasteiger partial charge in [0.15, 0.2) is 0 Å². The Bertz CT molecular complexity index is 1630. The number of halogens is 7. The Balaban J connectivity index is 1.67. The van der Waals surface area contributed by atoms with Crippen LogP contribution in [0.15, 0.2) is 72.8 Å². The van der Waals surface area contributed by atoms with Crippen LogP contribution in [0.1, 0.15) is 62.9 Å². The van der Waals surface area contributed by atoms with Gasteiger partial charge in [-0.15, -0.1) is 0 Å². The Hall–Kier alpha value is -3.89. The summed E-state index contributed by atoms with van der Waals surface area (Å²) in [6.45, 7) is 2.34. The number of nitrogens with one attached hydrogen (secondary N) is 1. The third-order valence-corrected chi connectivity index (χ3v) is 8.34. The lowest BCUT2D eigenvalue weighted by Gasteiger charge is -2.14. The van der Waals surface area contributed by atoms with Gasteiger partial charge in [-0.2, -0.15) is 26.3 Å². The summed E-state index contributed by atoms with van der Waals surface area (Å²) in [4.78, 5) is 0. The highest BCUT2D eigenvalue weighted by atomic mass is 35.5. The highest BCUT2D eigenvalue weighted by Gasteiger charge is 2.33. The predicted molar refractivity (Wildman–Crippen MR) is 181 cm³/mol. The minimum Gasteiger partial charge on any atom is -0.396 e. The molecule has 0 spiro atoms. The molecule has 0 unspecified atom stereocenters. The van der Waals surface area contributed by atoms with Crippen LogP contribution in [0.25, 0.3) is 35.4 Å². The van der Waals surface area contributed by atoms with E-state index in [-0.39, 0.29) is 30.9 Å². The smallest absolute Gasteiger partial charge is 0.396 e. The van der Waals surface area contributed by atoms with Gasteiger partial charge in [0.25, 0.3) is 0 Å². The predicted octanol–water partition coefficient (Wildman–Crippen LogP) is 10.1. The van der Waals surface area contributed by atoms with Gasteiger partial charge in [0, 0.05) is 25.3 Å². The maximum absolute atomic E-state index is 13.8. The number of hydrogen-bond donors (Lipinski definition) is 3. The summed E-state index contributed by atoms with van der Waals surface area (Å²) in [5.74, 6) is 0. The average Bonchev–Trinajstić information content (AvgIpc) is 3.03. The lowest BCUT2D eigenvalue weighted by Crippen LogP contribution is -2.18. The maximum atomic E-state index is 13.8. The van der Waals surface area contributed by atoms with Crippen molar-refractivity contribution in [1.29, 1.82) is 0 Å². The largest absolute Gasteiger partial charge is 0.416 e. The van der Waals surface area contributed by atoms with Crippen LogP contribution in [0.4, 0.5) is 26.3 Å². The molecule has 48 heavy (non-hydrogen) atoms. The molecule has 0 aliphatic rings. The van der Waals surface area contributed by atoms with Crippen molar-refractivity contribution in [2.75, 3.05) is 19.8 Å². The number of alkyl halides is 6. The van der Waals surface area contributed by atoms with E-state index in [0.29, 0.717) is 53.1 Å². The summed E-state index contributed by atoms with van der Waals surface area (Å²) in [6, 6.07) is 18.5. The molecular weight excluding hydrogens is 652 g/mol. The van der Waals surface area contributed by atoms with Crippen LogP contribution in [0.2, 0.25) is 5.02 Å². The van der Waals surface area contributed by atoms with Crippen molar-refractivity contribution < 1.29 is 36.6 Å². The summed E-state index contributed by atoms with van der Waals surface area (Å²) in [6.07, 6.45) is -1.41. The summed E-state index contributed by atoms with van der Waals surface area (Å²) < 4.78 is 83.0. The molecule has 3 N–H and O–H groups in total. The highest BCUT2D eigenvalue weighted by molar-refractivity contribution is 6.35. The van der Waals surface area contributed by atoms with E-state index in [2.05, 4.69) is 5.32 Å². The molecule has 4 aromatic carbocycles. The molecule has 4 aromatic rings. The van der Waals surface area contributed by atoms with Crippen molar-refractivity contribution in [1.82, 2.24) is 5.32 Å². The number of rotatable bonds is 13. The molecule has 0 heterocycles. The lowest BCUT2D eigenvalue weighted by molar-refractivity contribution is -0.138. The van der Waals surface area contributed by atoms with E-state index in [0.717, 1.165) is 28.8 Å². The molecule has 3 nitrogen and oxygen atoms in total. The second-order valence-corrected chi connectivity index (χ2v) is 11.7. The quantitative estimate of drug-likeness (QED) is 0.0745. The molecule has 0 saturated carbocycles. The lowest BCUT2D eigenvalue weighted by atomic mass is 9.94. The van der Waals surface area contributed by atoms with Crippen LogP contribution in [0.3, 0.4) is 0 Å². The molecule has 0 atom stereocenters. The van der Waals surface area contributed by atoms with Crippen molar-refractivity contribution in [3.05, 3.63) is 128 Å². The van der Waals surface area contributed by atoms with Crippen LogP contribution in [-0.4, -0.2) is 30.0 Å². The van der Waals surface area contributed by atoms with Gasteiger partial charge in [-0.1, -0.05) is 90.5 Å². The fraction of sp³-hybridized carbons (Fsp3) is 0.263. The van der Waals surface area contributed by atoms with Gasteiger partial charge in [-0.25, -0.2) is 0 Å². The Labute approximate surface area is 281 Å². The van der Waals surface area contributed by atoms with Crippen molar-refractivity contribution >= 4 is 35.9 Å². The van der Waals surface area contributed by atoms with E-state index in [1.165, 1.54) is 42.5 Å². The van der Waals surface area contributed by atoms with Gasteiger partial charge in [-0.3, -0.25) is 0 Å². The summed E-state index contributed by atoms with van der Waals surface area (Å²) >= 11 is 6.83. The number of unbranched alkanes of at least 4 members (excludes halogenated alkanes) is 1. The van der Waals surface area contributed by atoms with E-state index < -0.39 is 23.5 Å². The normalized spacial score (nSPS) is 12.5. The topological polar surface area (TPSA) is 52.5 Å². The zero-order chi connectivity index (χ0) is 34.9. The van der Waals surface area contributed by atoms with E-state index in [1.54, 1.807) is 36.4 Å². The molecule has 4 rings (SSSR count). The Morgan fingerprint density at radius 1 is 0.646 bits per heavy atom. The van der Waals surface area contributed by atoms with Crippen LogP contribution >= 0.6 is 11.6 Å². The summed E-state index contributed by atoms with van der Waals surface area (Å²) in [5.41, 5.74) is 3.06. The standard InChI is InChI=1S/C38H36ClF6NO2/c1-25-28(13-15-30-22-26(6-2-3-20-47)11-17-34(30)37(40,41)42)7-4-9-32(25)33-10-5-8-29(36(33)39)14-16-31-23-27(24-46-19-21-48)12-18-35(31)38(43,44)45/h4-5,7-18,22-23,46-48H,2-3,6,19-21,24H2,1H3/b15-13+,16-14+. The summed E-state index contributed by atoms with van der Waals surface area (Å²) in [5, 5.41) is 21.3. The van der Waals surface area contributed by atoms with Gasteiger partial charge in [0.2, 0.25) is 0 Å². The van der Waals surface area contributed by atoms with E-state index in [4.69, 9.17) is 21.8 Å². The molecule has 10 heteroatoms. The first-order valence-corrected chi connectivity index (χ1v) is 15.8. The Kier molecular flexibility index (Phi) is 12.7. The summed E-state index contributed by atoms with van der Waals surface area (Å²) in [7, 11) is 0. The Morgan fingerprint density at radius 3 is 1.79 bits per heavy atom. The minimum absolute atomic E-state index is 0.0176. The molecule has 0 aromatic heterocycles. The van der Waals surface area contributed by atoms with Crippen molar-refractivity contribution in [2.24, 2.45) is 0 Å². The molecule has 0 aliphatic carbocycles. The molecule has 0 radical (unpaired) electrons. The van der Waals surface area contributed by atoms with Crippen LogP contribution < -0.4 is 5.32 Å². The number of aliphatic hydroxyl groups is 2. The van der Waals surface area contributed by atoms with Crippen LogP contribution in [0.5, 0.6) is 0 Å². The average molecular weight is 688 g/mol. The first kappa shape index (κ1) is 36.9. The van der Waals surface area contributed by atoms with Gasteiger partial charge in [0.05, 0.1) is 22.8 Å². The second-order valence-electron chi connectivity index (χ2n) is 11.3. The zero-order valence-electron chi connectivity index (χ0n) is 26.2. The van der Waals surface area contributed by atoms with Crippen molar-refractivity contribution in [3.63, 3.8) is 0 Å². The molecular formula is C38H36ClF6NO2. The SMILES string of the molecule is Cc1c(/C=C/c2cc(CCCCO)ccc2C(F)(F)F)cccc1-c1cccc(/C=C/c2cc(CNCCO)ccc2C(F)(F)F)c1Cl. The monoisotopic (exact) mass is 687 g/mol. The van der Waals surface area contributed by atoms with Crippen LogP contribution in [0, 0.1) is 6.92 Å². The van der Waals surface area contributed by atoms with E-state index in [1.807, 2.05) is 13.0 Å². The third kappa shape index (κ3) is 9.60. The van der Waals surface area contributed by atoms with Gasteiger partial charge < -0.3 is 15.5 Å². The number of hydrogen-bond acceptors (Lipinski definition) is 3. The molecule has 0 saturated heterocycles. The fourth-order valence-electron chi connectivity index (χ4n) is 5.41. The van der Waals surface area contributed by atoms with Crippen molar-refractivity contribution in [3.8, 4) is 11.1 Å². The highest BCUT2D eigenvalue weighted by Crippen LogP contribution is 2.38. The van der Waals surface area contributed by atoms with Gasteiger partial charge in [0.1, 0.15) is 0 Å². The van der Waals surface area contributed by atoms with Crippen LogP contribution in [-0.2, 0) is 25.3 Å². The molecule has 0 aliphatic heterocycles. The fourth-order valence-corrected chi connectivity index (χ4v) is 5.70. The van der Waals surface area contributed by atoms with Gasteiger partial charge >= 0.3 is 12.4 Å². The Morgan fingerprint density at radius 2 is 1.19 bits per heavy atom. The number of aryl methyl sites for hydroxylation is 1. The number of aliphatic hydroxyl groups excluding tert-OH is 2. The van der Waals surface area contributed by atoms with E-state index >= 15 is 0 Å². The minimum atomic E-state index is -4.57. The number of benzene rings is 4. The molecule has 254 valence electrons. The second kappa shape index (κ2) is 16.5.